The molecule has 0 spiro atoms. The van der Waals surface area contributed by atoms with E-state index < -0.39 is 15.7 Å². The maximum absolute atomic E-state index is 11.6. The zero-order chi connectivity index (χ0) is 11.5. The van der Waals surface area contributed by atoms with Crippen LogP contribution in [-0.2, 0) is 14.6 Å². The van der Waals surface area contributed by atoms with Crippen LogP contribution in [0.4, 0.5) is 0 Å². The molecule has 1 aromatic rings. The monoisotopic (exact) mass is 227 g/mol. The Kier molecular flexibility index (Phi) is 3.41. The molecule has 6 heteroatoms. The van der Waals surface area contributed by atoms with Gasteiger partial charge in [0.05, 0.1) is 12.2 Å². The second-order valence-corrected chi connectivity index (χ2v) is 5.04. The van der Waals surface area contributed by atoms with E-state index in [1.54, 1.807) is 6.07 Å². The zero-order valence-electron chi connectivity index (χ0n) is 8.17. The standard InChI is InChI=1S/C9H11N2O3S/c1-2-15(13,14)9-7(6-8(10)12)4-3-5-11-9/h3-6H,2H2,1H3,(H2,10,12). The summed E-state index contributed by atoms with van der Waals surface area (Å²) in [5, 5.41) is -0.105. The first-order chi connectivity index (χ1) is 6.97. The summed E-state index contributed by atoms with van der Waals surface area (Å²) in [5.74, 6) is -0.764. The molecule has 0 aromatic carbocycles. The summed E-state index contributed by atoms with van der Waals surface area (Å²) in [6, 6.07) is 3.03. The lowest BCUT2D eigenvalue weighted by atomic mass is 10.2. The second-order valence-electron chi connectivity index (χ2n) is 2.85. The van der Waals surface area contributed by atoms with E-state index in [9.17, 15) is 13.2 Å². The fourth-order valence-electron chi connectivity index (χ4n) is 1.06. The highest BCUT2D eigenvalue weighted by Crippen LogP contribution is 2.15. The highest BCUT2D eigenvalue weighted by atomic mass is 32.2. The second kappa shape index (κ2) is 4.39. The molecule has 1 heterocycles. The first-order valence-corrected chi connectivity index (χ1v) is 5.94. The lowest BCUT2D eigenvalue weighted by Crippen LogP contribution is -2.15. The highest BCUT2D eigenvalue weighted by Gasteiger charge is 2.18. The Morgan fingerprint density at radius 1 is 1.60 bits per heavy atom. The Labute approximate surface area is 88.2 Å². The van der Waals surface area contributed by atoms with Gasteiger partial charge in [-0.15, -0.1) is 0 Å². The first kappa shape index (κ1) is 11.6. The molecule has 0 atom stereocenters. The van der Waals surface area contributed by atoms with Crippen molar-refractivity contribution in [2.24, 2.45) is 5.73 Å². The van der Waals surface area contributed by atoms with E-state index in [0.717, 1.165) is 6.42 Å². The van der Waals surface area contributed by atoms with Crippen LogP contribution in [0.1, 0.15) is 12.5 Å². The molecule has 0 aliphatic carbocycles. The van der Waals surface area contributed by atoms with Crippen LogP contribution < -0.4 is 5.73 Å². The van der Waals surface area contributed by atoms with Gasteiger partial charge in [0.15, 0.2) is 14.9 Å². The summed E-state index contributed by atoms with van der Waals surface area (Å²) in [5.41, 5.74) is 5.19. The van der Waals surface area contributed by atoms with E-state index in [0.29, 0.717) is 0 Å². The molecule has 0 bridgehead atoms. The van der Waals surface area contributed by atoms with Gasteiger partial charge in [-0.3, -0.25) is 4.79 Å². The van der Waals surface area contributed by atoms with E-state index in [4.69, 9.17) is 5.73 Å². The molecule has 2 N–H and O–H groups in total. The van der Waals surface area contributed by atoms with Gasteiger partial charge in [-0.25, -0.2) is 13.4 Å². The van der Waals surface area contributed by atoms with E-state index in [1.807, 2.05) is 0 Å². The largest absolute Gasteiger partial charge is 0.369 e. The molecule has 0 saturated carbocycles. The van der Waals surface area contributed by atoms with Crippen LogP contribution >= 0.6 is 0 Å². The Bertz CT molecular complexity index is 468. The molecular formula is C9H11N2O3S. The van der Waals surface area contributed by atoms with Gasteiger partial charge < -0.3 is 5.73 Å². The van der Waals surface area contributed by atoms with Crippen LogP contribution in [0, 0.1) is 6.42 Å². The molecule has 0 saturated heterocycles. The van der Waals surface area contributed by atoms with Crippen molar-refractivity contribution in [3.05, 3.63) is 30.3 Å². The quantitative estimate of drug-likeness (QED) is 0.778. The third-order valence-electron chi connectivity index (χ3n) is 1.77. The number of nitrogens with zero attached hydrogens (tertiary/aromatic N) is 1. The van der Waals surface area contributed by atoms with Gasteiger partial charge in [-0.1, -0.05) is 13.0 Å². The van der Waals surface area contributed by atoms with Gasteiger partial charge in [0.25, 0.3) is 0 Å². The Morgan fingerprint density at radius 3 is 2.80 bits per heavy atom. The maximum atomic E-state index is 11.6. The minimum atomic E-state index is -3.42. The molecule has 15 heavy (non-hydrogen) atoms. The van der Waals surface area contributed by atoms with E-state index in [2.05, 4.69) is 4.98 Å². The van der Waals surface area contributed by atoms with E-state index in [-0.39, 0.29) is 16.3 Å². The minimum absolute atomic E-state index is 0.0659. The summed E-state index contributed by atoms with van der Waals surface area (Å²) < 4.78 is 23.1. The Hall–Kier alpha value is -1.43. The number of nitrogens with two attached hydrogens (primary N) is 1. The lowest BCUT2D eigenvalue weighted by Gasteiger charge is -2.05. The number of carbonyl (C=O) groups is 1. The highest BCUT2D eigenvalue weighted by molar-refractivity contribution is 7.91. The number of hydrogen-bond acceptors (Lipinski definition) is 4. The predicted octanol–water partition coefficient (Wildman–Crippen LogP) is -0.0871. The summed E-state index contributed by atoms with van der Waals surface area (Å²) in [6.07, 6.45) is 2.41. The SMILES string of the molecule is CCS(=O)(=O)c1ncccc1[CH]C(N)=O. The Morgan fingerprint density at radius 2 is 2.27 bits per heavy atom. The fraction of sp³-hybridized carbons (Fsp3) is 0.222. The number of hydrogen-bond donors (Lipinski definition) is 1. The molecule has 0 unspecified atom stereocenters. The predicted molar refractivity (Wildman–Crippen MR) is 54.6 cm³/mol. The van der Waals surface area contributed by atoms with Crippen LogP contribution in [0.15, 0.2) is 23.4 Å². The molecule has 0 aliphatic heterocycles. The summed E-state index contributed by atoms with van der Waals surface area (Å²) >= 11 is 0. The molecule has 1 rings (SSSR count). The van der Waals surface area contributed by atoms with Gasteiger partial charge >= 0.3 is 0 Å². The average Bonchev–Trinajstić information content (AvgIpc) is 2.17. The first-order valence-electron chi connectivity index (χ1n) is 4.29. The van der Waals surface area contributed by atoms with E-state index in [1.165, 1.54) is 19.2 Å². The van der Waals surface area contributed by atoms with Crippen LogP contribution in [-0.4, -0.2) is 25.1 Å². The molecule has 0 aliphatic rings. The molecule has 1 radical (unpaired) electrons. The Balaban J connectivity index is 3.24. The molecular weight excluding hydrogens is 216 g/mol. The fourth-order valence-corrected chi connectivity index (χ4v) is 2.04. The average molecular weight is 227 g/mol. The smallest absolute Gasteiger partial charge is 0.226 e. The number of pyridine rings is 1. The van der Waals surface area contributed by atoms with Gasteiger partial charge in [0.2, 0.25) is 5.91 Å². The summed E-state index contributed by atoms with van der Waals surface area (Å²) in [7, 11) is -3.42. The molecule has 1 aromatic heterocycles. The van der Waals surface area contributed by atoms with Crippen molar-refractivity contribution in [1.29, 1.82) is 0 Å². The van der Waals surface area contributed by atoms with Gasteiger partial charge in [-0.05, 0) is 6.07 Å². The number of rotatable bonds is 4. The van der Waals surface area contributed by atoms with Gasteiger partial charge in [-0.2, -0.15) is 0 Å². The minimum Gasteiger partial charge on any atom is -0.369 e. The normalized spacial score (nSPS) is 11.3. The van der Waals surface area contributed by atoms with Gasteiger partial charge in [0.1, 0.15) is 0 Å². The summed E-state index contributed by atoms with van der Waals surface area (Å²) in [6.45, 7) is 1.51. The van der Waals surface area contributed by atoms with Crippen LogP contribution in [0.3, 0.4) is 0 Å². The molecule has 1 amide bonds. The van der Waals surface area contributed by atoms with Crippen molar-refractivity contribution in [1.82, 2.24) is 4.98 Å². The number of amides is 1. The van der Waals surface area contributed by atoms with Gasteiger partial charge in [0, 0.05) is 11.8 Å². The van der Waals surface area contributed by atoms with Crippen molar-refractivity contribution in [2.75, 3.05) is 5.75 Å². The maximum Gasteiger partial charge on any atom is 0.226 e. The number of primary amides is 1. The number of carbonyl (C=O) groups excluding carboxylic acids is 1. The number of sulfone groups is 1. The van der Waals surface area contributed by atoms with Crippen molar-refractivity contribution in [2.45, 2.75) is 11.9 Å². The van der Waals surface area contributed by atoms with Crippen molar-refractivity contribution in [3.63, 3.8) is 0 Å². The van der Waals surface area contributed by atoms with E-state index >= 15 is 0 Å². The zero-order valence-corrected chi connectivity index (χ0v) is 8.99. The molecule has 5 nitrogen and oxygen atoms in total. The van der Waals surface area contributed by atoms with Crippen LogP contribution in [0.25, 0.3) is 0 Å². The topological polar surface area (TPSA) is 90.1 Å². The number of aromatic nitrogens is 1. The van der Waals surface area contributed by atoms with Crippen LogP contribution in [0.5, 0.6) is 0 Å². The molecule has 0 fully saturated rings. The van der Waals surface area contributed by atoms with Crippen molar-refractivity contribution in [3.8, 4) is 0 Å². The lowest BCUT2D eigenvalue weighted by molar-refractivity contribution is -0.114. The molecule has 81 valence electrons. The van der Waals surface area contributed by atoms with Crippen molar-refractivity contribution < 1.29 is 13.2 Å². The third-order valence-corrected chi connectivity index (χ3v) is 3.46. The van der Waals surface area contributed by atoms with Crippen molar-refractivity contribution >= 4 is 15.7 Å². The van der Waals surface area contributed by atoms with Crippen LogP contribution in [0.2, 0.25) is 0 Å². The summed E-state index contributed by atoms with van der Waals surface area (Å²) in [4.78, 5) is 14.4. The third kappa shape index (κ3) is 2.76.